The third-order valence-electron chi connectivity index (χ3n) is 0.900. The summed E-state index contributed by atoms with van der Waals surface area (Å²) in [6.07, 6.45) is 1.19. The Bertz CT molecular complexity index is 231. The number of rotatable bonds is 1. The lowest BCUT2D eigenvalue weighted by atomic mass is 10.4. The second kappa shape index (κ2) is 1.89. The summed E-state index contributed by atoms with van der Waals surface area (Å²) in [6, 6.07) is 1.02. The Kier molecular flexibility index (Phi) is 1.22. The van der Waals surface area contributed by atoms with Crippen molar-refractivity contribution in [2.45, 2.75) is 0 Å². The first-order valence-corrected chi connectivity index (χ1v) is 2.26. The molecule has 48 valence electrons. The maximum atomic E-state index is 12.1. The lowest BCUT2D eigenvalue weighted by Crippen LogP contribution is -2.23. The van der Waals surface area contributed by atoms with Crippen LogP contribution >= 0.6 is 0 Å². The van der Waals surface area contributed by atoms with Crippen molar-refractivity contribution in [1.29, 1.82) is 0 Å². The minimum atomic E-state index is -1.53. The van der Waals surface area contributed by atoms with E-state index in [2.05, 4.69) is 4.98 Å². The SMILES string of the molecule is O=C([O-])c1[nH]ccc1F. The van der Waals surface area contributed by atoms with Crippen LogP contribution in [0, 0.1) is 5.82 Å². The average molecular weight is 128 g/mol. The van der Waals surface area contributed by atoms with E-state index in [0.29, 0.717) is 0 Å². The Labute approximate surface area is 50.1 Å². The number of hydrogen-bond donors (Lipinski definition) is 1. The van der Waals surface area contributed by atoms with Gasteiger partial charge in [0, 0.05) is 6.20 Å². The maximum absolute atomic E-state index is 12.1. The van der Waals surface area contributed by atoms with Crippen molar-refractivity contribution in [3.63, 3.8) is 0 Å². The van der Waals surface area contributed by atoms with Crippen molar-refractivity contribution in [3.8, 4) is 0 Å². The van der Waals surface area contributed by atoms with E-state index in [0.717, 1.165) is 6.07 Å². The zero-order chi connectivity index (χ0) is 6.85. The van der Waals surface area contributed by atoms with Gasteiger partial charge in [0.05, 0.1) is 11.7 Å². The van der Waals surface area contributed by atoms with E-state index in [1.807, 2.05) is 0 Å². The number of nitrogens with one attached hydrogen (secondary N) is 1. The Morgan fingerprint density at radius 2 is 2.44 bits per heavy atom. The smallest absolute Gasteiger partial charge is 0.149 e. The largest absolute Gasteiger partial charge is 0.543 e. The fourth-order valence-electron chi connectivity index (χ4n) is 0.507. The van der Waals surface area contributed by atoms with Crippen molar-refractivity contribution in [1.82, 2.24) is 4.98 Å². The highest BCUT2D eigenvalue weighted by molar-refractivity contribution is 5.83. The highest BCUT2D eigenvalue weighted by atomic mass is 19.1. The van der Waals surface area contributed by atoms with Crippen LogP contribution in [0.3, 0.4) is 0 Å². The number of carboxylic acid groups (broad SMARTS) is 1. The van der Waals surface area contributed by atoms with Gasteiger partial charge in [-0.25, -0.2) is 4.39 Å². The second-order valence-corrected chi connectivity index (χ2v) is 1.49. The van der Waals surface area contributed by atoms with E-state index in [-0.39, 0.29) is 0 Å². The minimum Gasteiger partial charge on any atom is -0.543 e. The standard InChI is InChI=1S/C5H4FNO2/c6-3-1-2-7-4(3)5(8)9/h1-2,7H,(H,8,9)/p-1. The van der Waals surface area contributed by atoms with E-state index >= 15 is 0 Å². The molecule has 3 nitrogen and oxygen atoms in total. The molecule has 1 aromatic heterocycles. The molecular formula is C5H3FNO2-. The zero-order valence-corrected chi connectivity index (χ0v) is 4.35. The minimum absolute atomic E-state index is 0.505. The number of H-pyrrole nitrogens is 1. The number of hydrogen-bond acceptors (Lipinski definition) is 2. The van der Waals surface area contributed by atoms with E-state index < -0.39 is 17.5 Å². The first kappa shape index (κ1) is 5.81. The molecule has 0 atom stereocenters. The molecule has 0 unspecified atom stereocenters. The molecule has 0 amide bonds. The lowest BCUT2D eigenvalue weighted by molar-refractivity contribution is -0.255. The summed E-state index contributed by atoms with van der Waals surface area (Å²) >= 11 is 0. The van der Waals surface area contributed by atoms with Crippen LogP contribution in [0.1, 0.15) is 10.5 Å². The van der Waals surface area contributed by atoms with Crippen molar-refractivity contribution >= 4 is 5.97 Å². The van der Waals surface area contributed by atoms with Gasteiger partial charge in [0.25, 0.3) is 0 Å². The van der Waals surface area contributed by atoms with Gasteiger partial charge in [-0.05, 0) is 6.07 Å². The molecule has 0 saturated carbocycles. The predicted octanol–water partition coefficient (Wildman–Crippen LogP) is -0.483. The van der Waals surface area contributed by atoms with Gasteiger partial charge in [-0.15, -0.1) is 0 Å². The van der Waals surface area contributed by atoms with Gasteiger partial charge in [-0.1, -0.05) is 0 Å². The van der Waals surface area contributed by atoms with E-state index in [1.54, 1.807) is 0 Å². The molecule has 1 aromatic rings. The number of halogens is 1. The number of aromatic nitrogens is 1. The summed E-state index contributed by atoms with van der Waals surface area (Å²) in [5, 5.41) is 9.90. The summed E-state index contributed by atoms with van der Waals surface area (Å²) in [6.45, 7) is 0. The molecule has 0 spiro atoms. The van der Waals surface area contributed by atoms with Crippen LogP contribution in [0.15, 0.2) is 12.3 Å². The Balaban J connectivity index is 3.08. The number of carbonyl (C=O) groups excluding carboxylic acids is 1. The summed E-state index contributed by atoms with van der Waals surface area (Å²) in [4.78, 5) is 12.1. The van der Waals surface area contributed by atoms with Gasteiger partial charge < -0.3 is 14.9 Å². The topological polar surface area (TPSA) is 55.9 Å². The summed E-state index contributed by atoms with van der Waals surface area (Å²) in [7, 11) is 0. The molecule has 0 aliphatic rings. The van der Waals surface area contributed by atoms with Crippen LogP contribution in [-0.2, 0) is 0 Å². The molecular weight excluding hydrogens is 125 g/mol. The molecule has 0 radical (unpaired) electrons. The molecule has 0 bridgehead atoms. The number of aromatic amines is 1. The molecule has 1 rings (SSSR count). The van der Waals surface area contributed by atoms with Crippen molar-refractivity contribution in [2.24, 2.45) is 0 Å². The van der Waals surface area contributed by atoms with Crippen LogP contribution in [0.4, 0.5) is 4.39 Å². The van der Waals surface area contributed by atoms with Crippen LogP contribution in [0.5, 0.6) is 0 Å². The van der Waals surface area contributed by atoms with Crippen molar-refractivity contribution in [2.75, 3.05) is 0 Å². The lowest BCUT2D eigenvalue weighted by Gasteiger charge is -1.95. The molecule has 0 saturated heterocycles. The Hall–Kier alpha value is -1.32. The molecule has 1 heterocycles. The van der Waals surface area contributed by atoms with E-state index in [9.17, 15) is 14.3 Å². The average Bonchev–Trinajstić information content (AvgIpc) is 2.13. The first-order chi connectivity index (χ1) is 4.22. The van der Waals surface area contributed by atoms with E-state index in [4.69, 9.17) is 0 Å². The summed E-state index contributed by atoms with van der Waals surface area (Å²) in [5.74, 6) is -2.33. The molecule has 1 N–H and O–H groups in total. The molecule has 0 aromatic carbocycles. The normalized spacial score (nSPS) is 9.44. The summed E-state index contributed by atoms with van der Waals surface area (Å²) < 4.78 is 12.1. The predicted molar refractivity (Wildman–Crippen MR) is 25.1 cm³/mol. The Morgan fingerprint density at radius 1 is 1.78 bits per heavy atom. The number of carbonyl (C=O) groups is 1. The number of carboxylic acids is 1. The Morgan fingerprint density at radius 3 is 2.67 bits per heavy atom. The van der Waals surface area contributed by atoms with Crippen LogP contribution in [0.2, 0.25) is 0 Å². The number of aromatic carboxylic acids is 1. The fraction of sp³-hybridized carbons (Fsp3) is 0. The third kappa shape index (κ3) is 0.910. The molecule has 0 aliphatic heterocycles. The highest BCUT2D eigenvalue weighted by Gasteiger charge is 2.00. The molecule has 0 aliphatic carbocycles. The molecule has 4 heteroatoms. The first-order valence-electron chi connectivity index (χ1n) is 2.26. The van der Waals surface area contributed by atoms with Crippen molar-refractivity contribution < 1.29 is 14.3 Å². The highest BCUT2D eigenvalue weighted by Crippen LogP contribution is 2.00. The second-order valence-electron chi connectivity index (χ2n) is 1.49. The summed E-state index contributed by atoms with van der Waals surface area (Å²) in [5.41, 5.74) is -0.505. The zero-order valence-electron chi connectivity index (χ0n) is 4.35. The van der Waals surface area contributed by atoms with Crippen LogP contribution in [-0.4, -0.2) is 11.0 Å². The quantitative estimate of drug-likeness (QED) is 0.555. The van der Waals surface area contributed by atoms with Gasteiger partial charge in [-0.3, -0.25) is 0 Å². The van der Waals surface area contributed by atoms with Gasteiger partial charge in [-0.2, -0.15) is 0 Å². The van der Waals surface area contributed by atoms with Gasteiger partial charge in [0.2, 0.25) is 0 Å². The van der Waals surface area contributed by atoms with Crippen molar-refractivity contribution in [3.05, 3.63) is 23.8 Å². The monoisotopic (exact) mass is 128 g/mol. The van der Waals surface area contributed by atoms with Crippen LogP contribution in [0.25, 0.3) is 0 Å². The van der Waals surface area contributed by atoms with Crippen LogP contribution < -0.4 is 5.11 Å². The maximum Gasteiger partial charge on any atom is 0.149 e. The molecule has 0 fully saturated rings. The third-order valence-corrected chi connectivity index (χ3v) is 0.900. The van der Waals surface area contributed by atoms with Gasteiger partial charge in [0.15, 0.2) is 0 Å². The van der Waals surface area contributed by atoms with E-state index in [1.165, 1.54) is 6.20 Å². The van der Waals surface area contributed by atoms with Gasteiger partial charge >= 0.3 is 0 Å². The fourth-order valence-corrected chi connectivity index (χ4v) is 0.507. The van der Waals surface area contributed by atoms with Gasteiger partial charge in [0.1, 0.15) is 5.82 Å². The molecule has 9 heavy (non-hydrogen) atoms.